The second kappa shape index (κ2) is 37.5. The van der Waals surface area contributed by atoms with E-state index in [0.29, 0.717) is 23.5 Å². The Balaban J connectivity index is 0.000000519. The number of aromatic amines is 1. The maximum Gasteiger partial charge on any atom is 0.417 e. The number of hydrogen-bond acceptors (Lipinski definition) is 17. The SMILES string of the molecule is CCCCI.I.Nc1ccc2c(C(F)(F)F)cc(=O)[nH]c2c1.[N-]=[N+]=NCCOc1cc(C(F)(F)F)c2ccc(N)cc2n1.[N-]=[N+]=NCCOc1cc(C(F)(F)F)c2ccc(NC(=O)CN(CCN(CCN(CC(=O)O)CC(=O)O)CC(=O)O)CC(=O)O)cc2n1. The first kappa shape index (κ1) is 77.7. The molecule has 0 aliphatic heterocycles. The summed E-state index contributed by atoms with van der Waals surface area (Å²) in [5.74, 6) is -6.55. The Bertz CT molecular complexity index is 3560. The van der Waals surface area contributed by atoms with E-state index in [1.165, 1.54) is 64.6 Å². The highest BCUT2D eigenvalue weighted by atomic mass is 127. The van der Waals surface area contributed by atoms with Gasteiger partial charge in [0.1, 0.15) is 0 Å². The lowest BCUT2D eigenvalue weighted by atomic mass is 10.1. The molecule has 90 heavy (non-hydrogen) atoms. The summed E-state index contributed by atoms with van der Waals surface area (Å²) in [4.78, 5) is 87.7. The van der Waals surface area contributed by atoms with Crippen LogP contribution in [0.25, 0.3) is 53.6 Å². The van der Waals surface area contributed by atoms with Crippen molar-refractivity contribution in [3.05, 3.63) is 121 Å². The summed E-state index contributed by atoms with van der Waals surface area (Å²) >= 11 is 2.39. The number of benzene rings is 3. The van der Waals surface area contributed by atoms with Crippen molar-refractivity contribution in [2.24, 2.45) is 10.2 Å². The van der Waals surface area contributed by atoms with Gasteiger partial charge in [0.15, 0.2) is 0 Å². The number of aromatic nitrogens is 3. The summed E-state index contributed by atoms with van der Waals surface area (Å²) in [6.45, 7) is -1.75. The van der Waals surface area contributed by atoms with Gasteiger partial charge in [-0.25, -0.2) is 9.97 Å². The average molecular weight is 1510 g/mol. The van der Waals surface area contributed by atoms with Gasteiger partial charge in [0, 0.05) is 87.4 Å². The number of hydrogen-bond donors (Lipinski definition) is 8. The van der Waals surface area contributed by atoms with Crippen LogP contribution in [0.15, 0.2) is 87.8 Å². The monoisotopic (exact) mass is 1510 g/mol. The Kier molecular flexibility index (Phi) is 32.4. The number of ether oxygens (including phenoxy) is 2. The Morgan fingerprint density at radius 3 is 1.43 bits per heavy atom. The number of nitrogen functional groups attached to an aromatic ring is 2. The predicted molar refractivity (Wildman–Crippen MR) is 329 cm³/mol. The molecule has 10 N–H and O–H groups in total. The standard InChI is InChI=1S/C26H31F3N8O10.C12H10F3N5O.C10H7F3N2O.C4H9I.HI/c27-26(28,29)18-10-21(47-8-3-31-34-30)33-19-9-16(1-2-17(18)19)32-20(38)11-36(13-23(41)42)6-4-35(12-22(39)40)5-7-37(14-24(43)44)15-25(45)46;13-12(14,15)9-6-11(21-4-3-18-20-17)19-10-5-7(16)1-2-8(9)10;11-10(12,13)7-4-9(16)15-8-3-5(14)1-2-6(7)8;1-2-3-4-5;/h1-2,9-10H,3-8,11-15H2,(H,32,38)(H,39,40)(H,41,42)(H,43,44)(H,45,46);1-2,5-6H,3-4,16H2;1-4H,14H2,(H,15,16);2-4H2,1H3;1H. The lowest BCUT2D eigenvalue weighted by molar-refractivity contribution is -0.143. The highest BCUT2D eigenvalue weighted by molar-refractivity contribution is 14.1. The van der Waals surface area contributed by atoms with Crippen LogP contribution in [-0.4, -0.2) is 169 Å². The van der Waals surface area contributed by atoms with Crippen molar-refractivity contribution in [1.82, 2.24) is 29.7 Å². The number of alkyl halides is 10. The fraction of sp³-hybridized carbons (Fsp3) is 0.385. The van der Waals surface area contributed by atoms with Crippen molar-refractivity contribution in [3.8, 4) is 11.8 Å². The van der Waals surface area contributed by atoms with Crippen LogP contribution in [-0.2, 0) is 42.5 Å². The van der Waals surface area contributed by atoms with Crippen molar-refractivity contribution < 1.29 is 93.4 Å². The summed E-state index contributed by atoms with van der Waals surface area (Å²) in [6, 6.07) is 13.3. The van der Waals surface area contributed by atoms with Crippen LogP contribution >= 0.6 is 46.6 Å². The minimum absolute atomic E-state index is 0. The van der Waals surface area contributed by atoms with Crippen molar-refractivity contribution >= 4 is 126 Å². The van der Waals surface area contributed by atoms with Crippen molar-refractivity contribution in [3.63, 3.8) is 0 Å². The molecule has 3 heterocycles. The van der Waals surface area contributed by atoms with Gasteiger partial charge in [-0.05, 0) is 58.3 Å². The molecule has 0 bridgehead atoms. The number of amides is 1. The molecule has 0 fully saturated rings. The fourth-order valence-electron chi connectivity index (χ4n) is 7.67. The quantitative estimate of drug-likeness (QED) is 0.00347. The number of nitrogens with zero attached hydrogens (tertiary/aromatic N) is 11. The van der Waals surface area contributed by atoms with Gasteiger partial charge in [0.05, 0.1) is 92.3 Å². The molecule has 27 nitrogen and oxygen atoms in total. The number of nitrogens with two attached hydrogens (primary N) is 2. The second-order valence-corrected chi connectivity index (χ2v) is 19.4. The molecule has 3 aromatic carbocycles. The smallest absolute Gasteiger partial charge is 0.417 e. The number of anilines is 3. The van der Waals surface area contributed by atoms with E-state index in [1.807, 2.05) is 0 Å². The molecule has 0 radical (unpaired) electrons. The summed E-state index contributed by atoms with van der Waals surface area (Å²) in [5.41, 5.74) is 24.4. The van der Waals surface area contributed by atoms with Crippen LogP contribution in [0.4, 0.5) is 56.6 Å². The van der Waals surface area contributed by atoms with Gasteiger partial charge in [-0.15, -0.1) is 24.0 Å². The molecule has 0 aliphatic rings. The predicted octanol–water partition coefficient (Wildman–Crippen LogP) is 9.62. The lowest BCUT2D eigenvalue weighted by Gasteiger charge is -2.27. The largest absolute Gasteiger partial charge is 0.480 e. The molecule has 0 saturated heterocycles. The molecular weight excluding hydrogens is 1450 g/mol. The van der Waals surface area contributed by atoms with E-state index in [2.05, 4.69) is 69.8 Å². The summed E-state index contributed by atoms with van der Waals surface area (Å²) in [5, 5.41) is 45.1. The number of carboxylic acid groups (broad SMARTS) is 4. The third kappa shape index (κ3) is 27.9. The number of carboxylic acids is 4. The van der Waals surface area contributed by atoms with Gasteiger partial charge in [0.25, 0.3) is 0 Å². The normalized spacial score (nSPS) is 11.2. The summed E-state index contributed by atoms with van der Waals surface area (Å²) < 4.78 is 130. The Hall–Kier alpha value is -8.43. The zero-order valence-corrected chi connectivity index (χ0v) is 51.5. The number of rotatable bonds is 27. The van der Waals surface area contributed by atoms with Gasteiger partial charge in [-0.2, -0.15) is 39.5 Å². The molecule has 490 valence electrons. The molecular formula is C52H58F9I2N15O12. The molecule has 3 aromatic heterocycles. The summed E-state index contributed by atoms with van der Waals surface area (Å²) in [7, 11) is 0. The first-order valence-corrected chi connectivity index (χ1v) is 27.3. The topological polar surface area (TPSA) is 415 Å². The second-order valence-electron chi connectivity index (χ2n) is 18.3. The van der Waals surface area contributed by atoms with E-state index >= 15 is 0 Å². The number of carbonyl (C=O) groups excluding carboxylic acids is 1. The van der Waals surface area contributed by atoms with E-state index < -0.39 is 109 Å². The first-order valence-electron chi connectivity index (χ1n) is 25.7. The number of unbranched alkanes of at least 4 members (excludes halogenated alkanes) is 1. The van der Waals surface area contributed by atoms with Crippen LogP contribution in [0.3, 0.4) is 0 Å². The average Bonchev–Trinajstić information content (AvgIpc) is 0.815. The number of nitrogens with one attached hydrogen (secondary N) is 2. The van der Waals surface area contributed by atoms with E-state index in [-0.39, 0.29) is 121 Å². The third-order valence-corrected chi connectivity index (χ3v) is 12.2. The molecule has 1 amide bonds. The fourth-order valence-corrected chi connectivity index (χ4v) is 8.43. The van der Waals surface area contributed by atoms with Gasteiger partial charge in [-0.1, -0.05) is 64.4 Å². The maximum absolute atomic E-state index is 13.7. The van der Waals surface area contributed by atoms with Gasteiger partial charge in [0.2, 0.25) is 23.2 Å². The van der Waals surface area contributed by atoms with Gasteiger partial charge in [-0.3, -0.25) is 43.5 Å². The molecule has 38 heteroatoms. The number of aliphatic carboxylic acids is 4. The number of azide groups is 2. The van der Waals surface area contributed by atoms with Crippen LogP contribution in [0, 0.1) is 0 Å². The van der Waals surface area contributed by atoms with Crippen LogP contribution in [0.1, 0.15) is 36.5 Å². The van der Waals surface area contributed by atoms with E-state index in [1.54, 1.807) is 0 Å². The number of H-pyrrole nitrogens is 1. The Labute approximate surface area is 533 Å². The molecule has 0 spiro atoms. The zero-order chi connectivity index (χ0) is 66.6. The van der Waals surface area contributed by atoms with E-state index in [9.17, 15) is 78.5 Å². The molecule has 0 atom stereocenters. The number of halogens is 11. The molecule has 6 rings (SSSR count). The lowest BCUT2D eigenvalue weighted by Crippen LogP contribution is -2.46. The maximum atomic E-state index is 13.7. The molecule has 0 saturated carbocycles. The minimum Gasteiger partial charge on any atom is -0.480 e. The number of pyridine rings is 3. The molecule has 6 aromatic rings. The van der Waals surface area contributed by atoms with Crippen LogP contribution < -0.4 is 31.8 Å². The number of carbonyl (C=O) groups is 5. The van der Waals surface area contributed by atoms with Crippen LogP contribution in [0.2, 0.25) is 0 Å². The van der Waals surface area contributed by atoms with Crippen LogP contribution in [0.5, 0.6) is 11.8 Å². The van der Waals surface area contributed by atoms with Gasteiger partial charge < -0.3 is 51.7 Å². The Morgan fingerprint density at radius 2 is 1.01 bits per heavy atom. The minimum atomic E-state index is -4.79. The van der Waals surface area contributed by atoms with Crippen molar-refractivity contribution in [2.75, 3.05) is 106 Å². The third-order valence-electron chi connectivity index (χ3n) is 11.4. The van der Waals surface area contributed by atoms with Crippen molar-refractivity contribution in [1.29, 1.82) is 0 Å². The van der Waals surface area contributed by atoms with E-state index in [0.717, 1.165) is 28.0 Å². The van der Waals surface area contributed by atoms with Crippen molar-refractivity contribution in [2.45, 2.75) is 38.3 Å². The highest BCUT2D eigenvalue weighted by Crippen LogP contribution is 2.39. The number of fused-ring (bicyclic) bond motifs is 3. The summed E-state index contributed by atoms with van der Waals surface area (Å²) in [6.07, 6.45) is -11.2. The van der Waals surface area contributed by atoms with E-state index in [4.69, 9.17) is 42.2 Å². The Morgan fingerprint density at radius 1 is 0.611 bits per heavy atom. The highest BCUT2D eigenvalue weighted by Gasteiger charge is 2.36. The van der Waals surface area contributed by atoms with Gasteiger partial charge >= 0.3 is 42.4 Å². The zero-order valence-electron chi connectivity index (χ0n) is 47.1. The molecule has 0 aliphatic carbocycles. The molecule has 0 unspecified atom stereocenters. The first-order chi connectivity index (χ1) is 41.8.